The number of nitrogens with zero attached hydrogens (tertiary/aromatic N) is 2. The van der Waals surface area contributed by atoms with Crippen molar-refractivity contribution in [2.45, 2.75) is 13.0 Å². The zero-order chi connectivity index (χ0) is 19.4. The van der Waals surface area contributed by atoms with Crippen LogP contribution in [0.1, 0.15) is 18.5 Å². The maximum absolute atomic E-state index is 10.7. The second-order valence-electron chi connectivity index (χ2n) is 5.80. The molecule has 0 saturated heterocycles. The average Bonchev–Trinajstić information content (AvgIpc) is 2.67. The first kappa shape index (κ1) is 18.7. The van der Waals surface area contributed by atoms with E-state index in [1.54, 1.807) is 32.4 Å². The molecule has 0 aliphatic carbocycles. The van der Waals surface area contributed by atoms with E-state index >= 15 is 0 Å². The predicted molar refractivity (Wildman–Crippen MR) is 105 cm³/mol. The lowest BCUT2D eigenvalue weighted by Gasteiger charge is -2.17. The highest BCUT2D eigenvalue weighted by atomic mass is 32.2. The highest BCUT2D eigenvalue weighted by Gasteiger charge is 2.13. The average molecular weight is 388 g/mol. The number of hydrogen-bond acceptors (Lipinski definition) is 7. The Labute approximate surface area is 158 Å². The molecule has 1 aromatic heterocycles. The Morgan fingerprint density at radius 1 is 1.00 bits per heavy atom. The van der Waals surface area contributed by atoms with E-state index in [1.165, 1.54) is 6.33 Å². The third-order valence-corrected chi connectivity index (χ3v) is 4.57. The van der Waals surface area contributed by atoms with Gasteiger partial charge in [0.1, 0.15) is 12.1 Å². The van der Waals surface area contributed by atoms with Crippen molar-refractivity contribution in [2.24, 2.45) is 0 Å². The topological polar surface area (TPSA) is 102 Å². The van der Waals surface area contributed by atoms with Crippen LogP contribution in [0.25, 0.3) is 10.9 Å². The van der Waals surface area contributed by atoms with Gasteiger partial charge in [-0.1, -0.05) is 12.1 Å². The standard InChI is InChI=1S/C18H20N4O4S/c1-11(12-4-6-13(7-5-12)22-27(23)24)21-18-14-8-16(25-2)17(26-3)9-15(14)19-10-20-18/h4-11,27H,1-3H3,(H,19,20,21)(H,22,23,24)/t11-/m0/s1. The summed E-state index contributed by atoms with van der Waals surface area (Å²) in [5.74, 6) is 1.86. The quantitative estimate of drug-likeness (QED) is 0.535. The zero-order valence-electron chi connectivity index (χ0n) is 15.1. The van der Waals surface area contributed by atoms with Crippen molar-refractivity contribution >= 4 is 33.3 Å². The minimum atomic E-state index is -2.68. The van der Waals surface area contributed by atoms with Gasteiger partial charge in [-0.15, -0.1) is 0 Å². The second kappa shape index (κ2) is 8.09. The molecule has 3 rings (SSSR count). The van der Waals surface area contributed by atoms with Gasteiger partial charge in [-0.3, -0.25) is 4.72 Å². The van der Waals surface area contributed by atoms with Gasteiger partial charge in [0.15, 0.2) is 11.5 Å². The molecule has 0 bridgehead atoms. The molecule has 0 unspecified atom stereocenters. The third kappa shape index (κ3) is 4.20. The molecule has 0 amide bonds. The van der Waals surface area contributed by atoms with Crippen LogP contribution in [0.3, 0.4) is 0 Å². The lowest BCUT2D eigenvalue weighted by atomic mass is 10.1. The number of methoxy groups -OCH3 is 2. The molecular formula is C18H20N4O4S. The molecule has 2 aromatic carbocycles. The van der Waals surface area contributed by atoms with E-state index < -0.39 is 10.9 Å². The van der Waals surface area contributed by atoms with Crippen LogP contribution >= 0.6 is 0 Å². The Kier molecular flexibility index (Phi) is 5.60. The monoisotopic (exact) mass is 388 g/mol. The van der Waals surface area contributed by atoms with Crippen LogP contribution in [-0.2, 0) is 10.9 Å². The van der Waals surface area contributed by atoms with Crippen LogP contribution in [0.4, 0.5) is 11.5 Å². The summed E-state index contributed by atoms with van der Waals surface area (Å²) < 4.78 is 34.5. The molecule has 0 aliphatic heterocycles. The number of hydrogen-bond donors (Lipinski definition) is 3. The smallest absolute Gasteiger partial charge is 0.222 e. The molecule has 1 heterocycles. The fraction of sp³-hybridized carbons (Fsp3) is 0.222. The van der Waals surface area contributed by atoms with Gasteiger partial charge in [-0.2, -0.15) is 0 Å². The molecule has 142 valence electrons. The van der Waals surface area contributed by atoms with Crippen LogP contribution in [0.5, 0.6) is 11.5 Å². The van der Waals surface area contributed by atoms with Gasteiger partial charge in [0.05, 0.1) is 19.7 Å². The Hall–Kier alpha value is -3.07. The fourth-order valence-corrected chi connectivity index (χ4v) is 3.10. The number of fused-ring (bicyclic) bond motifs is 1. The summed E-state index contributed by atoms with van der Waals surface area (Å²) in [7, 11) is 0.480. The number of ether oxygens (including phenoxy) is 2. The number of anilines is 2. The van der Waals surface area contributed by atoms with E-state index in [4.69, 9.17) is 9.47 Å². The van der Waals surface area contributed by atoms with Gasteiger partial charge in [-0.25, -0.2) is 18.4 Å². The van der Waals surface area contributed by atoms with Gasteiger partial charge in [0.25, 0.3) is 0 Å². The summed E-state index contributed by atoms with van der Waals surface area (Å²) in [6.45, 7) is 1.99. The van der Waals surface area contributed by atoms with E-state index in [9.17, 15) is 8.42 Å². The van der Waals surface area contributed by atoms with Gasteiger partial charge >= 0.3 is 0 Å². The van der Waals surface area contributed by atoms with Gasteiger partial charge < -0.3 is 14.8 Å². The molecule has 27 heavy (non-hydrogen) atoms. The summed E-state index contributed by atoms with van der Waals surface area (Å²) in [6.07, 6.45) is 1.49. The van der Waals surface area contributed by atoms with Crippen LogP contribution in [0.2, 0.25) is 0 Å². The number of rotatable bonds is 7. The van der Waals surface area contributed by atoms with Gasteiger partial charge in [0, 0.05) is 23.2 Å². The van der Waals surface area contributed by atoms with Crippen molar-refractivity contribution in [2.75, 3.05) is 24.3 Å². The van der Waals surface area contributed by atoms with Crippen molar-refractivity contribution in [3.63, 3.8) is 0 Å². The van der Waals surface area contributed by atoms with E-state index in [2.05, 4.69) is 20.0 Å². The number of thiol groups is 1. The maximum Gasteiger partial charge on any atom is 0.222 e. The van der Waals surface area contributed by atoms with E-state index in [-0.39, 0.29) is 6.04 Å². The number of benzene rings is 2. The minimum Gasteiger partial charge on any atom is -0.493 e. The van der Waals surface area contributed by atoms with Gasteiger partial charge in [-0.05, 0) is 30.7 Å². The van der Waals surface area contributed by atoms with Crippen LogP contribution in [-0.4, -0.2) is 32.6 Å². The van der Waals surface area contributed by atoms with Crippen molar-refractivity contribution in [1.29, 1.82) is 0 Å². The van der Waals surface area contributed by atoms with Crippen molar-refractivity contribution in [3.8, 4) is 11.5 Å². The summed E-state index contributed by atoms with van der Waals surface area (Å²) in [5.41, 5.74) is 2.23. The lowest BCUT2D eigenvalue weighted by Crippen LogP contribution is -2.09. The van der Waals surface area contributed by atoms with E-state index in [0.29, 0.717) is 23.0 Å². The fourth-order valence-electron chi connectivity index (χ4n) is 2.74. The highest BCUT2D eigenvalue weighted by molar-refractivity contribution is 7.73. The molecule has 9 heteroatoms. The van der Waals surface area contributed by atoms with Crippen LogP contribution in [0, 0.1) is 0 Å². The highest BCUT2D eigenvalue weighted by Crippen LogP contribution is 2.34. The largest absolute Gasteiger partial charge is 0.493 e. The molecule has 1 atom stereocenters. The summed E-state index contributed by atoms with van der Waals surface area (Å²) in [6, 6.07) is 10.7. The van der Waals surface area contributed by atoms with E-state index in [0.717, 1.165) is 16.5 Å². The lowest BCUT2D eigenvalue weighted by molar-refractivity contribution is 0.356. The summed E-state index contributed by atoms with van der Waals surface area (Å²) in [5, 5.41) is 4.17. The molecule has 0 saturated carbocycles. The van der Waals surface area contributed by atoms with Crippen molar-refractivity contribution in [1.82, 2.24) is 9.97 Å². The molecule has 0 fully saturated rings. The minimum absolute atomic E-state index is 0.0636. The maximum atomic E-state index is 10.7. The molecule has 3 aromatic rings. The number of aromatic nitrogens is 2. The summed E-state index contributed by atoms with van der Waals surface area (Å²) >= 11 is 0. The van der Waals surface area contributed by atoms with Crippen molar-refractivity contribution < 1.29 is 17.9 Å². The zero-order valence-corrected chi connectivity index (χ0v) is 16.0. The molecular weight excluding hydrogens is 368 g/mol. The Morgan fingerprint density at radius 2 is 1.67 bits per heavy atom. The number of nitrogens with one attached hydrogen (secondary N) is 2. The molecule has 2 N–H and O–H groups in total. The first-order valence-electron chi connectivity index (χ1n) is 8.16. The first-order valence-corrected chi connectivity index (χ1v) is 9.34. The Morgan fingerprint density at radius 3 is 2.30 bits per heavy atom. The Bertz CT molecular complexity index is 1010. The van der Waals surface area contributed by atoms with Gasteiger partial charge in [0.2, 0.25) is 10.9 Å². The normalized spacial score (nSPS) is 12.0. The summed E-state index contributed by atoms with van der Waals surface area (Å²) in [4.78, 5) is 8.64. The molecule has 8 nitrogen and oxygen atoms in total. The molecule has 0 aliphatic rings. The van der Waals surface area contributed by atoms with Crippen LogP contribution in [0.15, 0.2) is 42.7 Å². The SMILES string of the molecule is COc1cc2ncnc(N[C@@H](C)c3ccc(N[SH](=O)=O)cc3)c2cc1OC. The molecule has 0 spiro atoms. The predicted octanol–water partition coefficient (Wildman–Crippen LogP) is 2.76. The first-order chi connectivity index (χ1) is 13.0. The third-order valence-electron chi connectivity index (χ3n) is 4.12. The van der Waals surface area contributed by atoms with E-state index in [1.807, 2.05) is 25.1 Å². The van der Waals surface area contributed by atoms with Crippen molar-refractivity contribution in [3.05, 3.63) is 48.3 Å². The molecule has 0 radical (unpaired) electrons. The van der Waals surface area contributed by atoms with Crippen LogP contribution < -0.4 is 19.5 Å². The Balaban J connectivity index is 1.89. The second-order valence-corrected chi connectivity index (χ2v) is 6.54.